The Morgan fingerprint density at radius 3 is 2.07 bits per heavy atom. The van der Waals surface area contributed by atoms with Gasteiger partial charge in [0.15, 0.2) is 0 Å². The van der Waals surface area contributed by atoms with Crippen LogP contribution in [0.3, 0.4) is 0 Å². The van der Waals surface area contributed by atoms with Crippen molar-refractivity contribution in [3.8, 4) is 0 Å². The van der Waals surface area contributed by atoms with Crippen LogP contribution in [0.15, 0.2) is 30.3 Å². The smallest absolute Gasteiger partial charge is 0.326 e. The number of carboxylic acids is 1. The van der Waals surface area contributed by atoms with Gasteiger partial charge < -0.3 is 27.2 Å². The zero-order chi connectivity index (χ0) is 21.3. The number of carboxylic acid groups (broad SMARTS) is 1. The van der Waals surface area contributed by atoms with Crippen molar-refractivity contribution in [2.75, 3.05) is 0 Å². The summed E-state index contributed by atoms with van der Waals surface area (Å²) in [5, 5.41) is 14.2. The minimum absolute atomic E-state index is 0.136. The van der Waals surface area contributed by atoms with E-state index in [1.165, 1.54) is 0 Å². The number of carbonyl (C=O) groups is 4. The van der Waals surface area contributed by atoms with Crippen LogP contribution in [0.5, 0.6) is 0 Å². The quantitative estimate of drug-likeness (QED) is 0.342. The number of nitrogens with two attached hydrogens (primary N) is 2. The number of hydrogen-bond donors (Lipinski definition) is 5. The van der Waals surface area contributed by atoms with Crippen molar-refractivity contribution in [1.82, 2.24) is 10.6 Å². The maximum atomic E-state index is 12.7. The molecule has 0 aliphatic heterocycles. The molecule has 3 unspecified atom stereocenters. The summed E-state index contributed by atoms with van der Waals surface area (Å²) in [6.45, 7) is 3.56. The van der Waals surface area contributed by atoms with Gasteiger partial charge in [0.1, 0.15) is 12.1 Å². The molecule has 9 nitrogen and oxygen atoms in total. The van der Waals surface area contributed by atoms with E-state index in [0.717, 1.165) is 5.56 Å². The minimum atomic E-state index is -1.30. The molecule has 28 heavy (non-hydrogen) atoms. The molecule has 0 radical (unpaired) electrons. The molecule has 3 atom stereocenters. The molecule has 154 valence electrons. The SMILES string of the molecule is CC(C)C(N)C(=O)NC(Cc1ccccc1)C(=O)NC(CCC(N)=O)C(=O)O. The summed E-state index contributed by atoms with van der Waals surface area (Å²) in [7, 11) is 0. The first-order chi connectivity index (χ1) is 13.1. The summed E-state index contributed by atoms with van der Waals surface area (Å²) < 4.78 is 0. The van der Waals surface area contributed by atoms with E-state index in [2.05, 4.69) is 10.6 Å². The molecule has 0 saturated heterocycles. The number of carbonyl (C=O) groups excluding carboxylic acids is 3. The van der Waals surface area contributed by atoms with E-state index in [4.69, 9.17) is 11.5 Å². The first-order valence-electron chi connectivity index (χ1n) is 9.03. The Morgan fingerprint density at radius 1 is 1.00 bits per heavy atom. The Hall–Kier alpha value is -2.94. The van der Waals surface area contributed by atoms with Crippen molar-refractivity contribution in [3.63, 3.8) is 0 Å². The Labute approximate surface area is 163 Å². The highest BCUT2D eigenvalue weighted by atomic mass is 16.4. The van der Waals surface area contributed by atoms with Gasteiger partial charge in [-0.2, -0.15) is 0 Å². The second kappa shape index (κ2) is 11.0. The summed E-state index contributed by atoms with van der Waals surface area (Å²) >= 11 is 0. The van der Waals surface area contributed by atoms with Crippen LogP contribution in [-0.2, 0) is 25.6 Å². The van der Waals surface area contributed by atoms with Crippen LogP contribution in [0.25, 0.3) is 0 Å². The van der Waals surface area contributed by atoms with Crippen LogP contribution in [0.2, 0.25) is 0 Å². The van der Waals surface area contributed by atoms with E-state index >= 15 is 0 Å². The fourth-order valence-corrected chi connectivity index (χ4v) is 2.45. The summed E-state index contributed by atoms with van der Waals surface area (Å²) in [6.07, 6.45) is -0.176. The summed E-state index contributed by atoms with van der Waals surface area (Å²) in [4.78, 5) is 47.3. The number of aliphatic carboxylic acids is 1. The van der Waals surface area contributed by atoms with Crippen LogP contribution in [0, 0.1) is 5.92 Å². The molecule has 1 aromatic carbocycles. The molecule has 0 heterocycles. The van der Waals surface area contributed by atoms with Crippen molar-refractivity contribution in [3.05, 3.63) is 35.9 Å². The molecule has 1 aromatic rings. The molecule has 0 aromatic heterocycles. The summed E-state index contributed by atoms with van der Waals surface area (Å²) in [6, 6.07) is 5.85. The van der Waals surface area contributed by atoms with E-state index in [1.54, 1.807) is 38.1 Å². The number of primary amides is 1. The fraction of sp³-hybridized carbons (Fsp3) is 0.474. The Balaban J connectivity index is 2.94. The van der Waals surface area contributed by atoms with Crippen LogP contribution >= 0.6 is 0 Å². The highest BCUT2D eigenvalue weighted by Crippen LogP contribution is 2.07. The van der Waals surface area contributed by atoms with Crippen molar-refractivity contribution in [1.29, 1.82) is 0 Å². The van der Waals surface area contributed by atoms with Gasteiger partial charge in [-0.15, -0.1) is 0 Å². The molecule has 3 amide bonds. The van der Waals surface area contributed by atoms with Gasteiger partial charge in [-0.25, -0.2) is 4.79 Å². The van der Waals surface area contributed by atoms with Crippen LogP contribution in [-0.4, -0.2) is 46.9 Å². The van der Waals surface area contributed by atoms with Gasteiger partial charge in [0.05, 0.1) is 6.04 Å². The van der Waals surface area contributed by atoms with Gasteiger partial charge in [-0.3, -0.25) is 14.4 Å². The lowest BCUT2D eigenvalue weighted by Gasteiger charge is -2.24. The normalized spacial score (nSPS) is 14.0. The zero-order valence-electron chi connectivity index (χ0n) is 16.1. The molecule has 0 saturated carbocycles. The zero-order valence-corrected chi connectivity index (χ0v) is 16.1. The highest BCUT2D eigenvalue weighted by Gasteiger charge is 2.29. The number of amides is 3. The second-order valence-electron chi connectivity index (χ2n) is 6.93. The summed E-state index contributed by atoms with van der Waals surface area (Å²) in [5.41, 5.74) is 11.7. The molecule has 7 N–H and O–H groups in total. The predicted octanol–water partition coefficient (Wildman–Crippen LogP) is -0.468. The average molecular weight is 392 g/mol. The molecule has 0 aliphatic rings. The monoisotopic (exact) mass is 392 g/mol. The predicted molar refractivity (Wildman–Crippen MR) is 103 cm³/mol. The Kier molecular flexibility index (Phi) is 9.10. The van der Waals surface area contributed by atoms with Gasteiger partial charge >= 0.3 is 5.97 Å². The maximum absolute atomic E-state index is 12.7. The minimum Gasteiger partial charge on any atom is -0.480 e. The first-order valence-corrected chi connectivity index (χ1v) is 9.03. The topological polar surface area (TPSA) is 165 Å². The van der Waals surface area contributed by atoms with E-state index in [1.807, 2.05) is 6.07 Å². The van der Waals surface area contributed by atoms with Crippen LogP contribution in [0.1, 0.15) is 32.3 Å². The van der Waals surface area contributed by atoms with Gasteiger partial charge in [0.25, 0.3) is 0 Å². The van der Waals surface area contributed by atoms with Crippen molar-refractivity contribution in [2.24, 2.45) is 17.4 Å². The van der Waals surface area contributed by atoms with Gasteiger partial charge in [-0.05, 0) is 17.9 Å². The lowest BCUT2D eigenvalue weighted by Crippen LogP contribution is -2.56. The molecule has 0 fully saturated rings. The van der Waals surface area contributed by atoms with Crippen molar-refractivity contribution < 1.29 is 24.3 Å². The number of benzene rings is 1. The third-order valence-electron chi connectivity index (χ3n) is 4.23. The third kappa shape index (κ3) is 7.75. The summed E-state index contributed by atoms with van der Waals surface area (Å²) in [5.74, 6) is -3.28. The molecule has 1 rings (SSSR count). The van der Waals surface area contributed by atoms with E-state index in [0.29, 0.717) is 0 Å². The van der Waals surface area contributed by atoms with Crippen LogP contribution in [0.4, 0.5) is 0 Å². The van der Waals surface area contributed by atoms with Gasteiger partial charge in [0.2, 0.25) is 17.7 Å². The first kappa shape index (κ1) is 23.1. The Bertz CT molecular complexity index is 693. The number of hydrogen-bond acceptors (Lipinski definition) is 5. The average Bonchev–Trinajstić information content (AvgIpc) is 2.63. The largest absolute Gasteiger partial charge is 0.480 e. The number of rotatable bonds is 11. The molecular formula is C19H28N4O5. The molecule has 0 aliphatic carbocycles. The van der Waals surface area contributed by atoms with Gasteiger partial charge in [0, 0.05) is 12.8 Å². The lowest BCUT2D eigenvalue weighted by atomic mass is 10.0. The van der Waals surface area contributed by atoms with E-state index in [-0.39, 0.29) is 25.2 Å². The second-order valence-corrected chi connectivity index (χ2v) is 6.93. The standard InChI is InChI=1S/C19H28N4O5/c1-11(2)16(21)18(26)23-14(10-12-6-4-3-5-7-12)17(25)22-13(19(27)28)8-9-15(20)24/h3-7,11,13-14,16H,8-10,21H2,1-2H3,(H2,20,24)(H,22,25)(H,23,26)(H,27,28). The Morgan fingerprint density at radius 2 is 1.57 bits per heavy atom. The molecule has 9 heteroatoms. The fourth-order valence-electron chi connectivity index (χ4n) is 2.45. The number of nitrogens with one attached hydrogen (secondary N) is 2. The van der Waals surface area contributed by atoms with Crippen LogP contribution < -0.4 is 22.1 Å². The molecule has 0 bridgehead atoms. The van der Waals surface area contributed by atoms with Crippen molar-refractivity contribution in [2.45, 2.75) is 51.2 Å². The van der Waals surface area contributed by atoms with E-state index < -0.39 is 41.8 Å². The molecular weight excluding hydrogens is 364 g/mol. The third-order valence-corrected chi connectivity index (χ3v) is 4.23. The van der Waals surface area contributed by atoms with E-state index in [9.17, 15) is 24.3 Å². The van der Waals surface area contributed by atoms with Gasteiger partial charge in [-0.1, -0.05) is 44.2 Å². The molecule has 0 spiro atoms. The lowest BCUT2D eigenvalue weighted by molar-refractivity contribution is -0.142. The highest BCUT2D eigenvalue weighted by molar-refractivity contribution is 5.92. The maximum Gasteiger partial charge on any atom is 0.326 e. The van der Waals surface area contributed by atoms with Crippen molar-refractivity contribution >= 4 is 23.7 Å².